The Bertz CT molecular complexity index is 489. The second-order valence-corrected chi connectivity index (χ2v) is 6.21. The van der Waals surface area contributed by atoms with Crippen molar-refractivity contribution in [2.45, 2.75) is 38.9 Å². The van der Waals surface area contributed by atoms with E-state index in [2.05, 4.69) is 15.3 Å². The molecule has 6 nitrogen and oxygen atoms in total. The Kier molecular flexibility index (Phi) is 3.68. The average molecular weight is 278 g/mol. The summed E-state index contributed by atoms with van der Waals surface area (Å²) in [5.74, 6) is 1.37. The van der Waals surface area contributed by atoms with Gasteiger partial charge in [0.25, 0.3) is 0 Å². The van der Waals surface area contributed by atoms with E-state index in [0.29, 0.717) is 5.95 Å². The van der Waals surface area contributed by atoms with Gasteiger partial charge < -0.3 is 19.5 Å². The monoisotopic (exact) mass is 278 g/mol. The first-order chi connectivity index (χ1) is 9.18. The third kappa shape index (κ3) is 2.47. The standard InChI is InChI=1S/C13H23BN4O2/c1-12(2)13(3,4)20-14(19-12)9-8-16-11(18(6)7)17-10(9)15-5/h8H,1-7H3,(H,15,16,17). The van der Waals surface area contributed by atoms with Gasteiger partial charge in [0, 0.05) is 32.8 Å². The molecule has 0 bridgehead atoms. The topological polar surface area (TPSA) is 59.5 Å². The van der Waals surface area contributed by atoms with Crippen LogP contribution in [-0.4, -0.2) is 49.4 Å². The third-order valence-electron chi connectivity index (χ3n) is 3.95. The van der Waals surface area contributed by atoms with Crippen molar-refractivity contribution in [3.63, 3.8) is 0 Å². The van der Waals surface area contributed by atoms with E-state index < -0.39 is 7.12 Å². The smallest absolute Gasteiger partial charge is 0.399 e. The predicted octanol–water partition coefficient (Wildman–Crippen LogP) is 0.883. The molecule has 7 heteroatoms. The highest BCUT2D eigenvalue weighted by molar-refractivity contribution is 6.63. The summed E-state index contributed by atoms with van der Waals surface area (Å²) in [6.07, 6.45) is 1.76. The molecule has 20 heavy (non-hydrogen) atoms. The van der Waals surface area contributed by atoms with Crippen LogP contribution in [0.2, 0.25) is 0 Å². The van der Waals surface area contributed by atoms with E-state index in [-0.39, 0.29) is 11.2 Å². The summed E-state index contributed by atoms with van der Waals surface area (Å²) in [5.41, 5.74) is 0.0722. The van der Waals surface area contributed by atoms with Crippen LogP contribution < -0.4 is 15.7 Å². The summed E-state index contributed by atoms with van der Waals surface area (Å²) < 4.78 is 12.1. The quantitative estimate of drug-likeness (QED) is 0.828. The minimum absolute atomic E-state index is 0.372. The van der Waals surface area contributed by atoms with Gasteiger partial charge in [0.2, 0.25) is 5.95 Å². The van der Waals surface area contributed by atoms with E-state index in [1.54, 1.807) is 6.20 Å². The van der Waals surface area contributed by atoms with Crippen LogP contribution in [0, 0.1) is 0 Å². The lowest BCUT2D eigenvalue weighted by atomic mass is 9.80. The normalized spacial score (nSPS) is 20.1. The molecule has 0 atom stereocenters. The minimum atomic E-state index is -0.460. The molecular weight excluding hydrogens is 255 g/mol. The first-order valence-electron chi connectivity index (χ1n) is 6.75. The van der Waals surface area contributed by atoms with Gasteiger partial charge in [0.15, 0.2) is 0 Å². The minimum Gasteiger partial charge on any atom is -0.399 e. The molecule has 0 aliphatic carbocycles. The van der Waals surface area contributed by atoms with Crippen molar-refractivity contribution in [1.82, 2.24) is 9.97 Å². The molecule has 1 saturated heterocycles. The predicted molar refractivity (Wildman–Crippen MR) is 81.6 cm³/mol. The number of nitrogens with one attached hydrogen (secondary N) is 1. The number of rotatable bonds is 3. The molecule has 1 N–H and O–H groups in total. The Labute approximate surface area is 121 Å². The molecule has 1 aliphatic heterocycles. The zero-order valence-corrected chi connectivity index (χ0v) is 13.3. The molecule has 0 spiro atoms. The number of anilines is 2. The van der Waals surface area contributed by atoms with Gasteiger partial charge in [0.1, 0.15) is 5.82 Å². The van der Waals surface area contributed by atoms with E-state index in [1.807, 2.05) is 53.7 Å². The molecule has 0 saturated carbocycles. The van der Waals surface area contributed by atoms with Crippen molar-refractivity contribution < 1.29 is 9.31 Å². The molecular formula is C13H23BN4O2. The maximum Gasteiger partial charge on any atom is 0.500 e. The number of hydrogen-bond donors (Lipinski definition) is 1. The van der Waals surface area contributed by atoms with E-state index in [0.717, 1.165) is 11.3 Å². The second-order valence-electron chi connectivity index (χ2n) is 6.21. The van der Waals surface area contributed by atoms with Gasteiger partial charge in [-0.15, -0.1) is 0 Å². The fourth-order valence-electron chi connectivity index (χ4n) is 1.94. The van der Waals surface area contributed by atoms with Gasteiger partial charge in [-0.2, -0.15) is 4.98 Å². The molecule has 0 aromatic carbocycles. The maximum absolute atomic E-state index is 6.04. The van der Waals surface area contributed by atoms with Crippen molar-refractivity contribution in [3.05, 3.63) is 6.20 Å². The number of aromatic nitrogens is 2. The summed E-state index contributed by atoms with van der Waals surface area (Å²) in [6, 6.07) is 0. The Balaban J connectivity index is 2.35. The van der Waals surface area contributed by atoms with Gasteiger partial charge >= 0.3 is 7.12 Å². The van der Waals surface area contributed by atoms with Gasteiger partial charge in [-0.3, -0.25) is 0 Å². The lowest BCUT2D eigenvalue weighted by Crippen LogP contribution is -2.41. The van der Waals surface area contributed by atoms with Crippen LogP contribution in [0.25, 0.3) is 0 Å². The molecule has 0 amide bonds. The van der Waals surface area contributed by atoms with Crippen molar-refractivity contribution >= 4 is 24.3 Å². The summed E-state index contributed by atoms with van der Waals surface area (Å²) in [4.78, 5) is 10.7. The lowest BCUT2D eigenvalue weighted by molar-refractivity contribution is 0.00578. The Hall–Kier alpha value is -1.34. The summed E-state index contributed by atoms with van der Waals surface area (Å²) in [5, 5.41) is 3.08. The molecule has 2 rings (SSSR count). The highest BCUT2D eigenvalue weighted by Gasteiger charge is 2.52. The summed E-state index contributed by atoms with van der Waals surface area (Å²) >= 11 is 0. The summed E-state index contributed by atoms with van der Waals surface area (Å²) in [6.45, 7) is 8.12. The highest BCUT2D eigenvalue weighted by atomic mass is 16.7. The SMILES string of the molecule is CNc1nc(N(C)C)ncc1B1OC(C)(C)C(C)(C)O1. The van der Waals surface area contributed by atoms with E-state index >= 15 is 0 Å². The van der Waals surface area contributed by atoms with Crippen LogP contribution >= 0.6 is 0 Å². The van der Waals surface area contributed by atoms with Crippen LogP contribution in [0.4, 0.5) is 11.8 Å². The molecule has 110 valence electrons. The second kappa shape index (κ2) is 4.89. The largest absolute Gasteiger partial charge is 0.500 e. The molecule has 1 aromatic heterocycles. The zero-order chi connectivity index (χ0) is 15.1. The summed E-state index contributed by atoms with van der Waals surface area (Å²) in [7, 11) is 5.18. The van der Waals surface area contributed by atoms with Crippen LogP contribution in [0.5, 0.6) is 0 Å². The van der Waals surface area contributed by atoms with E-state index in [4.69, 9.17) is 9.31 Å². The molecule has 0 unspecified atom stereocenters. The van der Waals surface area contributed by atoms with Crippen LogP contribution in [-0.2, 0) is 9.31 Å². The van der Waals surface area contributed by atoms with Crippen LogP contribution in [0.3, 0.4) is 0 Å². The molecule has 1 aliphatic rings. The van der Waals surface area contributed by atoms with Gasteiger partial charge in [-0.05, 0) is 27.7 Å². The zero-order valence-electron chi connectivity index (χ0n) is 13.3. The first kappa shape index (κ1) is 15.1. The fraction of sp³-hybridized carbons (Fsp3) is 0.692. The molecule has 0 radical (unpaired) electrons. The highest BCUT2D eigenvalue weighted by Crippen LogP contribution is 2.36. The van der Waals surface area contributed by atoms with Gasteiger partial charge in [0.05, 0.1) is 11.2 Å². The van der Waals surface area contributed by atoms with Crippen LogP contribution in [0.1, 0.15) is 27.7 Å². The van der Waals surface area contributed by atoms with Crippen molar-refractivity contribution in [2.75, 3.05) is 31.4 Å². The fourth-order valence-corrected chi connectivity index (χ4v) is 1.94. The maximum atomic E-state index is 6.04. The molecule has 1 fully saturated rings. The number of hydrogen-bond acceptors (Lipinski definition) is 6. The van der Waals surface area contributed by atoms with Crippen molar-refractivity contribution in [2.24, 2.45) is 0 Å². The Morgan fingerprint density at radius 2 is 1.70 bits per heavy atom. The number of nitrogens with zero attached hydrogens (tertiary/aromatic N) is 3. The third-order valence-corrected chi connectivity index (χ3v) is 3.95. The van der Waals surface area contributed by atoms with E-state index in [9.17, 15) is 0 Å². The molecule has 1 aromatic rings. The van der Waals surface area contributed by atoms with Crippen molar-refractivity contribution in [3.8, 4) is 0 Å². The van der Waals surface area contributed by atoms with Crippen LogP contribution in [0.15, 0.2) is 6.20 Å². The average Bonchev–Trinajstić information content (AvgIpc) is 2.57. The molecule has 2 heterocycles. The van der Waals surface area contributed by atoms with Gasteiger partial charge in [-0.1, -0.05) is 0 Å². The lowest BCUT2D eigenvalue weighted by Gasteiger charge is -2.32. The van der Waals surface area contributed by atoms with Crippen molar-refractivity contribution in [1.29, 1.82) is 0 Å². The van der Waals surface area contributed by atoms with Gasteiger partial charge in [-0.25, -0.2) is 4.98 Å². The Morgan fingerprint density at radius 1 is 1.15 bits per heavy atom. The van der Waals surface area contributed by atoms with E-state index in [1.165, 1.54) is 0 Å². The Morgan fingerprint density at radius 3 is 2.15 bits per heavy atom. The first-order valence-corrected chi connectivity index (χ1v) is 6.75.